The number of hydrogen-bond donors (Lipinski definition) is 4. The largest absolute Gasteiger partial charge is 0.623 e. The van der Waals surface area contributed by atoms with E-state index in [2.05, 4.69) is 72.6 Å². The highest BCUT2D eigenvalue weighted by Crippen LogP contribution is 2.58. The second-order valence-electron chi connectivity index (χ2n) is 15.0. The third kappa shape index (κ3) is 7.69. The number of nitrogens with zero attached hydrogens (tertiary/aromatic N) is 1. The number of allylic oxidation sites excluding steroid dienone is 2. The first-order chi connectivity index (χ1) is 18.1. The highest BCUT2D eigenvalue weighted by Gasteiger charge is 2.56. The summed E-state index contributed by atoms with van der Waals surface area (Å²) in [4.78, 5) is 26.0. The first-order valence-corrected chi connectivity index (χ1v) is 14.8. The Labute approximate surface area is 242 Å². The molecular weight excluding hydrogens is 504 g/mol. The zero-order chi connectivity index (χ0) is 31.0. The summed E-state index contributed by atoms with van der Waals surface area (Å²) in [7, 11) is 0. The van der Waals surface area contributed by atoms with Crippen molar-refractivity contribution in [1.29, 1.82) is 0 Å². The SMILES string of the molecule is C=CC1[C@H](CNC(O)(CC(C)(C)C)C(N)N[C@H](CC(CC)C(=O)C2=C(C(C)=O)C(C)[N+]([O-])=C2)C(C)(C)C)C1(C)C. The molecule has 228 valence electrons. The quantitative estimate of drug-likeness (QED) is 0.108. The number of nitrogens with two attached hydrogens (primary N) is 1. The highest BCUT2D eigenvalue weighted by molar-refractivity contribution is 6.20. The molecule has 8 heteroatoms. The van der Waals surface area contributed by atoms with E-state index in [0.717, 1.165) is 0 Å². The molecule has 2 rings (SSSR count). The van der Waals surface area contributed by atoms with Gasteiger partial charge in [-0.15, -0.1) is 6.58 Å². The van der Waals surface area contributed by atoms with Crippen molar-refractivity contribution in [3.8, 4) is 0 Å². The smallest absolute Gasteiger partial charge is 0.190 e. The Morgan fingerprint density at radius 2 is 1.82 bits per heavy atom. The number of aliphatic hydroxyl groups is 1. The summed E-state index contributed by atoms with van der Waals surface area (Å²) in [5, 5.41) is 31.2. The summed E-state index contributed by atoms with van der Waals surface area (Å²) in [6, 6.07) is -0.902. The predicted octanol–water partition coefficient (Wildman–Crippen LogP) is 4.30. The van der Waals surface area contributed by atoms with Crippen LogP contribution in [0.3, 0.4) is 0 Å². The van der Waals surface area contributed by atoms with E-state index in [4.69, 9.17) is 5.73 Å². The molecule has 1 saturated carbocycles. The summed E-state index contributed by atoms with van der Waals surface area (Å²) in [5.41, 5.74) is 5.51. The first kappa shape index (κ1) is 34.3. The Morgan fingerprint density at radius 1 is 1.25 bits per heavy atom. The minimum Gasteiger partial charge on any atom is -0.623 e. The van der Waals surface area contributed by atoms with Crippen molar-refractivity contribution in [3.63, 3.8) is 0 Å². The molecule has 8 nitrogen and oxygen atoms in total. The van der Waals surface area contributed by atoms with E-state index >= 15 is 0 Å². The van der Waals surface area contributed by atoms with Gasteiger partial charge in [0.1, 0.15) is 5.72 Å². The fourth-order valence-electron chi connectivity index (χ4n) is 6.35. The average molecular weight is 561 g/mol. The van der Waals surface area contributed by atoms with Gasteiger partial charge >= 0.3 is 0 Å². The zero-order valence-corrected chi connectivity index (χ0v) is 26.9. The van der Waals surface area contributed by atoms with Gasteiger partial charge in [0, 0.05) is 25.4 Å². The molecule has 1 aliphatic carbocycles. The number of carbonyl (C=O) groups excluding carboxylic acids is 2. The number of Topliss-reactive ketones (excluding diaryl/α,β-unsaturated/α-hetero) is 2. The Bertz CT molecular complexity index is 1030. The van der Waals surface area contributed by atoms with Crippen molar-refractivity contribution < 1.29 is 19.4 Å². The van der Waals surface area contributed by atoms with Gasteiger partial charge in [-0.3, -0.25) is 20.2 Å². The van der Waals surface area contributed by atoms with Crippen LogP contribution in [0.4, 0.5) is 0 Å². The van der Waals surface area contributed by atoms with Crippen molar-refractivity contribution in [3.05, 3.63) is 29.0 Å². The number of nitrogens with one attached hydrogen (secondary N) is 2. The molecule has 40 heavy (non-hydrogen) atoms. The lowest BCUT2D eigenvalue weighted by Gasteiger charge is -2.44. The minimum absolute atomic E-state index is 0.124. The van der Waals surface area contributed by atoms with Crippen LogP contribution in [0, 0.1) is 39.2 Å². The molecule has 0 bridgehead atoms. The van der Waals surface area contributed by atoms with Gasteiger partial charge in [-0.2, -0.15) is 0 Å². The molecular formula is C32H56N4O4. The normalized spacial score (nSPS) is 26.5. The van der Waals surface area contributed by atoms with Gasteiger partial charge in [0.05, 0.1) is 17.3 Å². The zero-order valence-electron chi connectivity index (χ0n) is 26.9. The predicted molar refractivity (Wildman–Crippen MR) is 163 cm³/mol. The lowest BCUT2D eigenvalue weighted by molar-refractivity contribution is -0.475. The van der Waals surface area contributed by atoms with Gasteiger partial charge < -0.3 is 16.0 Å². The molecule has 5 unspecified atom stereocenters. The van der Waals surface area contributed by atoms with Crippen LogP contribution in [0.5, 0.6) is 0 Å². The van der Waals surface area contributed by atoms with Gasteiger partial charge in [0.25, 0.3) is 0 Å². The van der Waals surface area contributed by atoms with Crippen LogP contribution >= 0.6 is 0 Å². The van der Waals surface area contributed by atoms with Crippen molar-refractivity contribution in [2.75, 3.05) is 6.54 Å². The molecule has 2 aliphatic rings. The average Bonchev–Trinajstić information content (AvgIpc) is 3.20. The van der Waals surface area contributed by atoms with Gasteiger partial charge in [0.15, 0.2) is 23.8 Å². The van der Waals surface area contributed by atoms with Gasteiger partial charge in [-0.05, 0) is 54.3 Å². The molecule has 0 amide bonds. The van der Waals surface area contributed by atoms with Gasteiger partial charge in [0.2, 0.25) is 0 Å². The van der Waals surface area contributed by atoms with Crippen LogP contribution in [0.15, 0.2) is 23.8 Å². The maximum absolute atomic E-state index is 13.7. The lowest BCUT2D eigenvalue weighted by Crippen LogP contribution is -2.68. The Morgan fingerprint density at radius 3 is 2.25 bits per heavy atom. The van der Waals surface area contributed by atoms with E-state index in [1.54, 1.807) is 6.92 Å². The number of ketones is 2. The summed E-state index contributed by atoms with van der Waals surface area (Å²) >= 11 is 0. The maximum Gasteiger partial charge on any atom is 0.190 e. The van der Waals surface area contributed by atoms with Crippen LogP contribution in [0.25, 0.3) is 0 Å². The van der Waals surface area contributed by atoms with Crippen LogP contribution < -0.4 is 16.4 Å². The molecule has 5 N–H and O–H groups in total. The van der Waals surface area contributed by atoms with Crippen LogP contribution in [-0.4, -0.2) is 58.1 Å². The number of hydrogen-bond acceptors (Lipinski definition) is 7. The standard InChI is InChI=1S/C32H56N4O4/c1-13-21(27(38)22-17-36(40)19(3)26(22)20(4)37)15-25(30(8,9)10)35-28(33)32(39,18-29(5,6)7)34-16-24-23(14-2)31(24,11)12/h14,17,19,21,23-25,28,34-35,39H,2,13,15-16,18,33H2,1,3-12H3/t19?,21?,23?,24-,25+,28?,32?/m0/s1. The first-order valence-electron chi connectivity index (χ1n) is 14.8. The van der Waals surface area contributed by atoms with Gasteiger partial charge in [-0.25, -0.2) is 4.74 Å². The molecule has 1 aliphatic heterocycles. The highest BCUT2D eigenvalue weighted by atomic mass is 16.5. The Kier molecular flexibility index (Phi) is 10.4. The van der Waals surface area contributed by atoms with Crippen LogP contribution in [0.1, 0.15) is 95.4 Å². The molecule has 0 aromatic rings. The minimum atomic E-state index is -1.39. The van der Waals surface area contributed by atoms with E-state index in [0.29, 0.717) is 42.4 Å². The number of rotatable bonds is 14. The molecule has 0 saturated heterocycles. The topological polar surface area (TPSA) is 131 Å². The van der Waals surface area contributed by atoms with Crippen molar-refractivity contribution in [2.24, 2.45) is 39.7 Å². The molecule has 1 heterocycles. The van der Waals surface area contributed by atoms with Crippen LogP contribution in [0.2, 0.25) is 0 Å². The monoisotopic (exact) mass is 560 g/mol. The molecule has 0 aromatic carbocycles. The molecule has 0 spiro atoms. The van der Waals surface area contributed by atoms with Crippen molar-refractivity contribution in [1.82, 2.24) is 10.6 Å². The maximum atomic E-state index is 13.7. The van der Waals surface area contributed by atoms with Crippen LogP contribution in [-0.2, 0) is 9.59 Å². The van der Waals surface area contributed by atoms with E-state index in [1.807, 2.05) is 13.0 Å². The Balaban J connectivity index is 2.31. The summed E-state index contributed by atoms with van der Waals surface area (Å²) in [6.45, 7) is 26.5. The lowest BCUT2D eigenvalue weighted by atomic mass is 9.77. The van der Waals surface area contributed by atoms with E-state index in [-0.39, 0.29) is 45.0 Å². The molecule has 1 fully saturated rings. The van der Waals surface area contributed by atoms with Crippen molar-refractivity contribution in [2.45, 2.75) is 119 Å². The third-order valence-corrected chi connectivity index (χ3v) is 9.14. The van der Waals surface area contributed by atoms with E-state index < -0.39 is 23.9 Å². The number of carbonyl (C=O) groups is 2. The second kappa shape index (κ2) is 12.2. The molecule has 0 radical (unpaired) electrons. The van der Waals surface area contributed by atoms with E-state index in [9.17, 15) is 19.9 Å². The van der Waals surface area contributed by atoms with Gasteiger partial charge in [-0.1, -0.05) is 68.4 Å². The second-order valence-corrected chi connectivity index (χ2v) is 15.0. The number of hydroxylamine groups is 1. The summed E-state index contributed by atoms with van der Waals surface area (Å²) < 4.78 is 0.683. The molecule has 0 aromatic heterocycles. The third-order valence-electron chi connectivity index (χ3n) is 9.14. The van der Waals surface area contributed by atoms with E-state index in [1.165, 1.54) is 13.1 Å². The molecule has 7 atom stereocenters. The summed E-state index contributed by atoms with van der Waals surface area (Å²) in [6.07, 6.45) is 3.86. The fourth-order valence-corrected chi connectivity index (χ4v) is 6.35. The fraction of sp³-hybridized carbons (Fsp3) is 0.781. The summed E-state index contributed by atoms with van der Waals surface area (Å²) in [5.74, 6) is -0.136. The van der Waals surface area contributed by atoms with Crippen molar-refractivity contribution >= 4 is 17.8 Å². The Hall–Kier alpha value is -1.87.